The van der Waals surface area contributed by atoms with Gasteiger partial charge in [-0.25, -0.2) is 0 Å². The third kappa shape index (κ3) is 2.66. The van der Waals surface area contributed by atoms with Crippen molar-refractivity contribution in [2.75, 3.05) is 0 Å². The van der Waals surface area contributed by atoms with Crippen molar-refractivity contribution in [2.24, 2.45) is 0 Å². The van der Waals surface area contributed by atoms with Crippen LogP contribution in [0.3, 0.4) is 0 Å². The SMILES string of the molecule is Cc1cnc2c(c1)c(-c1ccccc1)c(-c1ccccc1)c1cc(C)cnc12. The average Bonchev–Trinajstić information content (AvgIpc) is 2.73. The molecular formula is C26H20N2. The van der Waals surface area contributed by atoms with Crippen LogP contribution in [-0.4, -0.2) is 9.97 Å². The van der Waals surface area contributed by atoms with Crippen molar-refractivity contribution < 1.29 is 0 Å². The number of hydrogen-bond donors (Lipinski definition) is 0. The summed E-state index contributed by atoms with van der Waals surface area (Å²) in [5.41, 5.74) is 9.05. The van der Waals surface area contributed by atoms with Crippen LogP contribution in [0.15, 0.2) is 85.2 Å². The van der Waals surface area contributed by atoms with E-state index in [4.69, 9.17) is 9.97 Å². The molecule has 0 N–H and O–H groups in total. The highest BCUT2D eigenvalue weighted by Gasteiger charge is 2.19. The predicted octanol–water partition coefficient (Wildman–Crippen LogP) is 6.73. The average molecular weight is 360 g/mol. The van der Waals surface area contributed by atoms with Crippen LogP contribution in [0.2, 0.25) is 0 Å². The summed E-state index contributed by atoms with van der Waals surface area (Å²) in [5, 5.41) is 2.29. The minimum atomic E-state index is 0.958. The van der Waals surface area contributed by atoms with Gasteiger partial charge in [-0.15, -0.1) is 0 Å². The second-order valence-electron chi connectivity index (χ2n) is 7.30. The van der Waals surface area contributed by atoms with Crippen molar-refractivity contribution in [1.29, 1.82) is 0 Å². The molecule has 134 valence electrons. The molecule has 2 aromatic heterocycles. The van der Waals surface area contributed by atoms with Gasteiger partial charge in [0.2, 0.25) is 0 Å². The largest absolute Gasteiger partial charge is 0.254 e. The van der Waals surface area contributed by atoms with E-state index < -0.39 is 0 Å². The van der Waals surface area contributed by atoms with E-state index in [-0.39, 0.29) is 0 Å². The van der Waals surface area contributed by atoms with Crippen molar-refractivity contribution >= 4 is 21.8 Å². The normalized spacial score (nSPS) is 11.2. The predicted molar refractivity (Wildman–Crippen MR) is 117 cm³/mol. The summed E-state index contributed by atoms with van der Waals surface area (Å²) in [6.07, 6.45) is 3.86. The molecule has 0 spiro atoms. The quantitative estimate of drug-likeness (QED) is 0.326. The molecule has 3 aromatic carbocycles. The molecule has 0 aliphatic heterocycles. The van der Waals surface area contributed by atoms with Gasteiger partial charge in [-0.05, 0) is 59.4 Å². The summed E-state index contributed by atoms with van der Waals surface area (Å²) in [5.74, 6) is 0. The fraction of sp³-hybridized carbons (Fsp3) is 0.0769. The first-order valence-corrected chi connectivity index (χ1v) is 9.52. The Hall–Kier alpha value is -3.52. The molecule has 2 heterocycles. The van der Waals surface area contributed by atoms with Crippen LogP contribution in [-0.2, 0) is 0 Å². The van der Waals surface area contributed by atoms with E-state index in [2.05, 4.69) is 86.6 Å². The lowest BCUT2D eigenvalue weighted by molar-refractivity contribution is 1.30. The van der Waals surface area contributed by atoms with Crippen molar-refractivity contribution in [3.63, 3.8) is 0 Å². The van der Waals surface area contributed by atoms with E-state index in [9.17, 15) is 0 Å². The molecule has 0 fully saturated rings. The number of nitrogens with zero attached hydrogens (tertiary/aromatic N) is 2. The highest BCUT2D eigenvalue weighted by molar-refractivity contribution is 6.19. The lowest BCUT2D eigenvalue weighted by atomic mass is 9.87. The van der Waals surface area contributed by atoms with Crippen molar-refractivity contribution in [2.45, 2.75) is 13.8 Å². The number of aromatic nitrogens is 2. The maximum atomic E-state index is 4.80. The summed E-state index contributed by atoms with van der Waals surface area (Å²) in [4.78, 5) is 9.59. The van der Waals surface area contributed by atoms with Gasteiger partial charge in [0.15, 0.2) is 0 Å². The van der Waals surface area contributed by atoms with Crippen LogP contribution in [0.25, 0.3) is 44.1 Å². The Morgan fingerprint density at radius 3 is 1.32 bits per heavy atom. The van der Waals surface area contributed by atoms with Gasteiger partial charge in [0.25, 0.3) is 0 Å². The molecule has 0 bridgehead atoms. The van der Waals surface area contributed by atoms with E-state index in [0.29, 0.717) is 0 Å². The fourth-order valence-electron chi connectivity index (χ4n) is 3.98. The van der Waals surface area contributed by atoms with Crippen molar-refractivity contribution in [3.8, 4) is 22.3 Å². The third-order valence-corrected chi connectivity index (χ3v) is 5.19. The molecule has 0 radical (unpaired) electrons. The van der Waals surface area contributed by atoms with Gasteiger partial charge in [0, 0.05) is 23.2 Å². The third-order valence-electron chi connectivity index (χ3n) is 5.19. The zero-order valence-corrected chi connectivity index (χ0v) is 16.0. The Morgan fingerprint density at radius 2 is 0.929 bits per heavy atom. The number of pyridine rings is 2. The minimum absolute atomic E-state index is 0.958. The molecule has 0 saturated heterocycles. The molecule has 0 unspecified atom stereocenters. The fourth-order valence-corrected chi connectivity index (χ4v) is 3.98. The summed E-state index contributed by atoms with van der Waals surface area (Å²) in [7, 11) is 0. The van der Waals surface area contributed by atoms with E-state index in [1.54, 1.807) is 0 Å². The molecule has 0 amide bonds. The summed E-state index contributed by atoms with van der Waals surface area (Å²) >= 11 is 0. The highest BCUT2D eigenvalue weighted by atomic mass is 14.7. The smallest absolute Gasteiger partial charge is 0.0971 e. The topological polar surface area (TPSA) is 25.8 Å². The first kappa shape index (κ1) is 16.6. The van der Waals surface area contributed by atoms with Crippen LogP contribution in [0.5, 0.6) is 0 Å². The first-order valence-electron chi connectivity index (χ1n) is 9.52. The minimum Gasteiger partial charge on any atom is -0.254 e. The maximum Gasteiger partial charge on any atom is 0.0971 e. The van der Waals surface area contributed by atoms with E-state index in [1.165, 1.54) is 22.3 Å². The molecule has 2 heteroatoms. The summed E-state index contributed by atoms with van der Waals surface area (Å²) < 4.78 is 0. The van der Waals surface area contributed by atoms with Crippen LogP contribution in [0.4, 0.5) is 0 Å². The Kier molecular flexibility index (Phi) is 3.91. The van der Waals surface area contributed by atoms with Crippen LogP contribution in [0.1, 0.15) is 11.1 Å². The standard InChI is InChI=1S/C26H20N2/c1-17-13-21-23(19-9-5-3-6-10-19)24(20-11-7-4-8-12-20)22-14-18(2)16-28-26(22)25(21)27-15-17/h3-16H,1-2H3. The van der Waals surface area contributed by atoms with Gasteiger partial charge in [-0.3, -0.25) is 9.97 Å². The molecule has 2 nitrogen and oxygen atoms in total. The Morgan fingerprint density at radius 1 is 0.536 bits per heavy atom. The lowest BCUT2D eigenvalue weighted by Crippen LogP contribution is -1.95. The molecule has 0 aliphatic rings. The van der Waals surface area contributed by atoms with Gasteiger partial charge >= 0.3 is 0 Å². The van der Waals surface area contributed by atoms with Crippen LogP contribution in [0, 0.1) is 13.8 Å². The summed E-state index contributed by atoms with van der Waals surface area (Å²) in [6, 6.07) is 25.7. The number of hydrogen-bond acceptors (Lipinski definition) is 2. The van der Waals surface area contributed by atoms with E-state index in [1.807, 2.05) is 12.4 Å². The highest BCUT2D eigenvalue weighted by Crippen LogP contribution is 2.43. The molecular weight excluding hydrogens is 340 g/mol. The van der Waals surface area contributed by atoms with Crippen molar-refractivity contribution in [1.82, 2.24) is 9.97 Å². The number of fused-ring (bicyclic) bond motifs is 3. The number of aryl methyl sites for hydroxylation is 2. The lowest BCUT2D eigenvalue weighted by Gasteiger charge is -2.18. The Balaban J connectivity index is 2.08. The molecule has 5 aromatic rings. The molecule has 28 heavy (non-hydrogen) atoms. The molecule has 0 aliphatic carbocycles. The van der Waals surface area contributed by atoms with Crippen molar-refractivity contribution in [3.05, 3.63) is 96.3 Å². The van der Waals surface area contributed by atoms with Gasteiger partial charge in [-0.2, -0.15) is 0 Å². The molecule has 0 atom stereocenters. The van der Waals surface area contributed by atoms with Gasteiger partial charge in [0.1, 0.15) is 0 Å². The van der Waals surface area contributed by atoms with E-state index in [0.717, 1.165) is 32.9 Å². The van der Waals surface area contributed by atoms with Crippen LogP contribution < -0.4 is 0 Å². The first-order chi connectivity index (χ1) is 13.7. The zero-order valence-electron chi connectivity index (χ0n) is 16.0. The van der Waals surface area contributed by atoms with Gasteiger partial charge < -0.3 is 0 Å². The van der Waals surface area contributed by atoms with E-state index >= 15 is 0 Å². The van der Waals surface area contributed by atoms with Gasteiger partial charge in [0.05, 0.1) is 11.0 Å². The number of benzene rings is 3. The van der Waals surface area contributed by atoms with Gasteiger partial charge in [-0.1, -0.05) is 60.7 Å². The Labute approximate surface area is 164 Å². The van der Waals surface area contributed by atoms with Crippen LogP contribution >= 0.6 is 0 Å². The second kappa shape index (κ2) is 6.58. The Bertz CT molecular complexity index is 1200. The maximum absolute atomic E-state index is 4.80. The summed E-state index contributed by atoms with van der Waals surface area (Å²) in [6.45, 7) is 4.19. The molecule has 5 rings (SSSR count). The monoisotopic (exact) mass is 360 g/mol. The zero-order chi connectivity index (χ0) is 19.1. The second-order valence-corrected chi connectivity index (χ2v) is 7.30. The number of rotatable bonds is 2. The molecule has 0 saturated carbocycles.